The number of carbonyl (C=O) groups is 1. The maximum Gasteiger partial charge on any atom is 0.416 e. The Kier molecular flexibility index (Phi) is 8.05. The Labute approximate surface area is 178 Å². The van der Waals surface area contributed by atoms with E-state index in [9.17, 15) is 18.0 Å². The number of nitriles is 1. The Bertz CT molecular complexity index is 887. The lowest BCUT2D eigenvalue weighted by Crippen LogP contribution is -2.36. The van der Waals surface area contributed by atoms with E-state index in [-0.39, 0.29) is 12.7 Å². The minimum Gasteiger partial charge on any atom is -0.444 e. The van der Waals surface area contributed by atoms with E-state index in [1.807, 2.05) is 6.07 Å². The molecule has 1 saturated heterocycles. The van der Waals surface area contributed by atoms with Gasteiger partial charge in [0.05, 0.1) is 31.0 Å². The molecule has 0 radical (unpaired) electrons. The van der Waals surface area contributed by atoms with Crippen molar-refractivity contribution >= 4 is 6.09 Å². The summed E-state index contributed by atoms with van der Waals surface area (Å²) in [5.41, 5.74) is -0.292. The van der Waals surface area contributed by atoms with Crippen LogP contribution in [0.3, 0.4) is 0 Å². The first-order valence-electron chi connectivity index (χ1n) is 9.63. The molecule has 1 amide bonds. The third-order valence-electron chi connectivity index (χ3n) is 4.16. The normalized spacial score (nSPS) is 16.3. The zero-order valence-electron chi connectivity index (χ0n) is 17.6. The number of H-pyrrole nitrogens is 1. The molecule has 2 aromatic rings. The molecule has 1 N–H and O–H groups in total. The van der Waals surface area contributed by atoms with Gasteiger partial charge in [-0.3, -0.25) is 5.10 Å². The van der Waals surface area contributed by atoms with Crippen molar-refractivity contribution < 1.29 is 27.4 Å². The van der Waals surface area contributed by atoms with E-state index in [1.165, 1.54) is 6.07 Å². The second-order valence-corrected chi connectivity index (χ2v) is 7.93. The van der Waals surface area contributed by atoms with Crippen molar-refractivity contribution in [3.63, 3.8) is 0 Å². The molecule has 1 aromatic heterocycles. The first-order chi connectivity index (χ1) is 14.5. The number of nitrogens with one attached hydrogen (secondary N) is 1. The number of aromatic nitrogens is 2. The van der Waals surface area contributed by atoms with Crippen LogP contribution in [0.25, 0.3) is 0 Å². The molecule has 0 saturated carbocycles. The highest BCUT2D eigenvalue weighted by atomic mass is 19.4. The number of aromatic amines is 1. The Balaban J connectivity index is 0.000000412. The van der Waals surface area contributed by atoms with Gasteiger partial charge in [0.15, 0.2) is 0 Å². The molecular weight excluding hydrogens is 413 g/mol. The molecule has 1 atom stereocenters. The maximum atomic E-state index is 12.7. The molecule has 31 heavy (non-hydrogen) atoms. The number of alkyl halides is 3. The highest BCUT2D eigenvalue weighted by Crippen LogP contribution is 2.30. The molecule has 1 unspecified atom stereocenters. The number of ether oxygens (including phenoxy) is 2. The molecular formula is C21H25F3N4O3. The average molecular weight is 438 g/mol. The SMILES string of the molecule is CC(C)(C)OC(=O)N1CCC(OCc2cccc(C(F)(F)F)c2)C1.N#Cc1ccn[nH]1. The summed E-state index contributed by atoms with van der Waals surface area (Å²) in [6, 6.07) is 8.57. The van der Waals surface area contributed by atoms with Gasteiger partial charge in [-0.1, -0.05) is 12.1 Å². The summed E-state index contributed by atoms with van der Waals surface area (Å²) < 4.78 is 49.0. The predicted octanol–water partition coefficient (Wildman–Crippen LogP) is 4.51. The van der Waals surface area contributed by atoms with Gasteiger partial charge in [-0.15, -0.1) is 0 Å². The van der Waals surface area contributed by atoms with Crippen LogP contribution in [0.15, 0.2) is 36.5 Å². The molecule has 1 aliphatic rings. The van der Waals surface area contributed by atoms with Crippen LogP contribution in [-0.4, -0.2) is 46.0 Å². The first kappa shape index (κ1) is 24.2. The van der Waals surface area contributed by atoms with Gasteiger partial charge in [-0.05, 0) is 51.0 Å². The van der Waals surface area contributed by atoms with E-state index in [2.05, 4.69) is 10.2 Å². The molecule has 1 fully saturated rings. The highest BCUT2D eigenvalue weighted by Gasteiger charge is 2.31. The molecule has 10 heteroatoms. The molecule has 0 spiro atoms. The van der Waals surface area contributed by atoms with Crippen molar-refractivity contribution in [1.29, 1.82) is 5.26 Å². The topological polar surface area (TPSA) is 91.2 Å². The number of halogens is 3. The van der Waals surface area contributed by atoms with Gasteiger partial charge in [0.2, 0.25) is 0 Å². The van der Waals surface area contributed by atoms with Gasteiger partial charge in [0.25, 0.3) is 0 Å². The minimum atomic E-state index is -4.36. The van der Waals surface area contributed by atoms with Gasteiger partial charge in [0, 0.05) is 6.54 Å². The molecule has 1 aliphatic heterocycles. The van der Waals surface area contributed by atoms with Crippen molar-refractivity contribution in [2.75, 3.05) is 13.1 Å². The Morgan fingerprint density at radius 3 is 2.61 bits per heavy atom. The lowest BCUT2D eigenvalue weighted by Gasteiger charge is -2.24. The number of amides is 1. The summed E-state index contributed by atoms with van der Waals surface area (Å²) in [5, 5.41) is 14.1. The number of benzene rings is 1. The molecule has 2 heterocycles. The van der Waals surface area contributed by atoms with Crippen LogP contribution in [0.4, 0.5) is 18.0 Å². The van der Waals surface area contributed by atoms with Crippen LogP contribution in [0.2, 0.25) is 0 Å². The zero-order valence-corrected chi connectivity index (χ0v) is 17.6. The third-order valence-corrected chi connectivity index (χ3v) is 4.16. The quantitative estimate of drug-likeness (QED) is 0.761. The highest BCUT2D eigenvalue weighted by molar-refractivity contribution is 5.68. The Morgan fingerprint density at radius 1 is 1.32 bits per heavy atom. The maximum absolute atomic E-state index is 12.7. The predicted molar refractivity (Wildman–Crippen MR) is 106 cm³/mol. The van der Waals surface area contributed by atoms with Crippen molar-refractivity contribution in [2.45, 2.75) is 51.7 Å². The number of hydrogen-bond acceptors (Lipinski definition) is 5. The molecule has 7 nitrogen and oxygen atoms in total. The van der Waals surface area contributed by atoms with Crippen LogP contribution in [0.1, 0.15) is 44.0 Å². The van der Waals surface area contributed by atoms with Crippen LogP contribution in [0, 0.1) is 11.3 Å². The van der Waals surface area contributed by atoms with Crippen molar-refractivity contribution in [3.8, 4) is 6.07 Å². The largest absolute Gasteiger partial charge is 0.444 e. The smallest absolute Gasteiger partial charge is 0.416 e. The van der Waals surface area contributed by atoms with Crippen LogP contribution >= 0.6 is 0 Å². The van der Waals surface area contributed by atoms with Crippen LogP contribution in [-0.2, 0) is 22.3 Å². The second kappa shape index (κ2) is 10.3. The standard InChI is InChI=1S/C17H22F3NO3.C4H3N3/c1-16(2,3)24-15(22)21-8-7-14(10-21)23-11-12-5-4-6-13(9-12)17(18,19)20;5-3-4-1-2-6-7-4/h4-6,9,14H,7-8,10-11H2,1-3H3;1-2H,(H,6,7). The summed E-state index contributed by atoms with van der Waals surface area (Å²) in [6.45, 7) is 6.36. The monoisotopic (exact) mass is 438 g/mol. The van der Waals surface area contributed by atoms with Gasteiger partial charge in [0.1, 0.15) is 17.4 Å². The van der Waals surface area contributed by atoms with Gasteiger partial charge >= 0.3 is 12.3 Å². The molecule has 0 aliphatic carbocycles. The molecule has 0 bridgehead atoms. The third kappa shape index (κ3) is 8.30. The van der Waals surface area contributed by atoms with E-state index in [4.69, 9.17) is 14.7 Å². The Hall–Kier alpha value is -3.06. The van der Waals surface area contributed by atoms with Crippen molar-refractivity contribution in [2.24, 2.45) is 0 Å². The van der Waals surface area contributed by atoms with Crippen LogP contribution < -0.4 is 0 Å². The van der Waals surface area contributed by atoms with E-state index in [0.717, 1.165) is 12.1 Å². The summed E-state index contributed by atoms with van der Waals surface area (Å²) in [4.78, 5) is 13.5. The van der Waals surface area contributed by atoms with Gasteiger partial charge < -0.3 is 14.4 Å². The lowest BCUT2D eigenvalue weighted by atomic mass is 10.1. The summed E-state index contributed by atoms with van der Waals surface area (Å²) in [5.74, 6) is 0. The Morgan fingerprint density at radius 2 is 2.06 bits per heavy atom. The number of nitrogens with zero attached hydrogens (tertiary/aromatic N) is 3. The number of carbonyl (C=O) groups excluding carboxylic acids is 1. The van der Waals surface area contributed by atoms with Crippen molar-refractivity contribution in [3.05, 3.63) is 53.3 Å². The average Bonchev–Trinajstić information content (AvgIpc) is 3.37. The van der Waals surface area contributed by atoms with E-state index >= 15 is 0 Å². The van der Waals surface area contributed by atoms with Crippen molar-refractivity contribution in [1.82, 2.24) is 15.1 Å². The van der Waals surface area contributed by atoms with E-state index < -0.39 is 23.4 Å². The zero-order chi connectivity index (χ0) is 23.1. The lowest BCUT2D eigenvalue weighted by molar-refractivity contribution is -0.137. The fourth-order valence-electron chi connectivity index (χ4n) is 2.73. The molecule has 3 rings (SSSR count). The van der Waals surface area contributed by atoms with Crippen LogP contribution in [0.5, 0.6) is 0 Å². The first-order valence-corrected chi connectivity index (χ1v) is 9.63. The molecule has 1 aromatic carbocycles. The fourth-order valence-corrected chi connectivity index (χ4v) is 2.73. The summed E-state index contributed by atoms with van der Waals surface area (Å²) >= 11 is 0. The summed E-state index contributed by atoms with van der Waals surface area (Å²) in [6.07, 6.45) is -2.78. The van der Waals surface area contributed by atoms with E-state index in [0.29, 0.717) is 30.8 Å². The second-order valence-electron chi connectivity index (χ2n) is 7.93. The minimum absolute atomic E-state index is 0.0801. The number of hydrogen-bond donors (Lipinski definition) is 1. The summed E-state index contributed by atoms with van der Waals surface area (Å²) in [7, 11) is 0. The van der Waals surface area contributed by atoms with Gasteiger partial charge in [-0.2, -0.15) is 23.5 Å². The molecule has 168 valence electrons. The van der Waals surface area contributed by atoms with E-state index in [1.54, 1.807) is 44.0 Å². The fraction of sp³-hybridized carbons (Fsp3) is 0.476. The van der Waals surface area contributed by atoms with Gasteiger partial charge in [-0.25, -0.2) is 4.79 Å². The number of likely N-dealkylation sites (tertiary alicyclic amines) is 1. The number of rotatable bonds is 3.